The van der Waals surface area contributed by atoms with E-state index in [4.69, 9.17) is 0 Å². The SMILES string of the molecule is O=C(N[C@@H](CO)Cc1ccccn1)c1ccccc1-c1cc(-c2ccc(F)c(F)c2)[nH]n1. The van der Waals surface area contributed by atoms with Gasteiger partial charge in [-0.2, -0.15) is 5.10 Å². The number of nitrogens with one attached hydrogen (secondary N) is 2. The van der Waals surface area contributed by atoms with Gasteiger partial charge in [-0.15, -0.1) is 0 Å². The maximum absolute atomic E-state index is 13.6. The fraction of sp³-hybridized carbons (Fsp3) is 0.125. The fourth-order valence-corrected chi connectivity index (χ4v) is 3.37. The Morgan fingerprint density at radius 2 is 1.84 bits per heavy atom. The van der Waals surface area contributed by atoms with Gasteiger partial charge >= 0.3 is 0 Å². The number of halogens is 2. The first-order chi connectivity index (χ1) is 15.5. The second-order valence-electron chi connectivity index (χ2n) is 7.22. The van der Waals surface area contributed by atoms with E-state index in [9.17, 15) is 18.7 Å². The molecule has 1 atom stereocenters. The molecule has 8 heteroatoms. The Labute approximate surface area is 183 Å². The van der Waals surface area contributed by atoms with E-state index in [2.05, 4.69) is 20.5 Å². The lowest BCUT2D eigenvalue weighted by Gasteiger charge is -2.17. The van der Waals surface area contributed by atoms with Crippen molar-refractivity contribution < 1.29 is 18.7 Å². The van der Waals surface area contributed by atoms with Crippen molar-refractivity contribution in [3.8, 4) is 22.5 Å². The van der Waals surface area contributed by atoms with Crippen LogP contribution in [-0.4, -0.2) is 38.8 Å². The first kappa shape index (κ1) is 21.3. The van der Waals surface area contributed by atoms with Crippen LogP contribution >= 0.6 is 0 Å². The summed E-state index contributed by atoms with van der Waals surface area (Å²) in [5, 5.41) is 19.6. The summed E-state index contributed by atoms with van der Waals surface area (Å²) in [7, 11) is 0. The highest BCUT2D eigenvalue weighted by atomic mass is 19.2. The zero-order valence-corrected chi connectivity index (χ0v) is 16.9. The summed E-state index contributed by atoms with van der Waals surface area (Å²) in [5.41, 5.74) is 3.07. The first-order valence-corrected chi connectivity index (χ1v) is 9.97. The van der Waals surface area contributed by atoms with Crippen molar-refractivity contribution in [2.45, 2.75) is 12.5 Å². The third-order valence-corrected chi connectivity index (χ3v) is 4.99. The fourth-order valence-electron chi connectivity index (χ4n) is 3.37. The number of carbonyl (C=O) groups excluding carboxylic acids is 1. The first-order valence-electron chi connectivity index (χ1n) is 9.97. The van der Waals surface area contributed by atoms with Crippen molar-refractivity contribution in [1.82, 2.24) is 20.5 Å². The van der Waals surface area contributed by atoms with Gasteiger partial charge in [0, 0.05) is 35.0 Å². The Balaban J connectivity index is 1.57. The summed E-state index contributed by atoms with van der Waals surface area (Å²) in [4.78, 5) is 17.2. The zero-order chi connectivity index (χ0) is 22.5. The normalized spacial score (nSPS) is 11.8. The van der Waals surface area contributed by atoms with E-state index >= 15 is 0 Å². The molecule has 32 heavy (non-hydrogen) atoms. The molecule has 162 valence electrons. The van der Waals surface area contributed by atoms with Gasteiger partial charge in [0.05, 0.1) is 24.0 Å². The van der Waals surface area contributed by atoms with Crippen LogP contribution in [-0.2, 0) is 6.42 Å². The van der Waals surface area contributed by atoms with Crippen molar-refractivity contribution in [2.75, 3.05) is 6.61 Å². The highest BCUT2D eigenvalue weighted by molar-refractivity contribution is 6.00. The smallest absolute Gasteiger partial charge is 0.252 e. The van der Waals surface area contributed by atoms with Crippen molar-refractivity contribution in [1.29, 1.82) is 0 Å². The van der Waals surface area contributed by atoms with Crippen LogP contribution in [0.3, 0.4) is 0 Å². The van der Waals surface area contributed by atoms with E-state index in [0.717, 1.165) is 17.8 Å². The average molecular weight is 434 g/mol. The molecule has 0 saturated carbocycles. The minimum Gasteiger partial charge on any atom is -0.394 e. The lowest BCUT2D eigenvalue weighted by Crippen LogP contribution is -2.39. The van der Waals surface area contributed by atoms with Gasteiger partial charge in [-0.05, 0) is 42.5 Å². The number of aliphatic hydroxyl groups is 1. The number of nitrogens with zero attached hydrogens (tertiary/aromatic N) is 2. The minimum absolute atomic E-state index is 0.243. The molecule has 6 nitrogen and oxygen atoms in total. The van der Waals surface area contributed by atoms with Crippen LogP contribution < -0.4 is 5.32 Å². The summed E-state index contributed by atoms with van der Waals surface area (Å²) in [5.74, 6) is -2.26. The Hall–Kier alpha value is -3.91. The van der Waals surface area contributed by atoms with E-state index in [0.29, 0.717) is 34.5 Å². The molecule has 0 aliphatic carbocycles. The van der Waals surface area contributed by atoms with Crippen LogP contribution in [0.5, 0.6) is 0 Å². The number of hydrogen-bond donors (Lipinski definition) is 3. The summed E-state index contributed by atoms with van der Waals surface area (Å²) >= 11 is 0. The van der Waals surface area contributed by atoms with E-state index in [-0.39, 0.29) is 12.5 Å². The molecule has 0 saturated heterocycles. The highest BCUT2D eigenvalue weighted by Gasteiger charge is 2.19. The number of aliphatic hydroxyl groups excluding tert-OH is 1. The van der Waals surface area contributed by atoms with Gasteiger partial charge in [-0.1, -0.05) is 24.3 Å². The Morgan fingerprint density at radius 1 is 1.03 bits per heavy atom. The number of rotatable bonds is 7. The van der Waals surface area contributed by atoms with Crippen molar-refractivity contribution in [2.24, 2.45) is 0 Å². The molecule has 4 aromatic rings. The largest absolute Gasteiger partial charge is 0.394 e. The van der Waals surface area contributed by atoms with Gasteiger partial charge in [0.1, 0.15) is 0 Å². The van der Waals surface area contributed by atoms with Gasteiger partial charge in [0.2, 0.25) is 0 Å². The van der Waals surface area contributed by atoms with E-state index in [1.165, 1.54) is 6.07 Å². The maximum atomic E-state index is 13.6. The summed E-state index contributed by atoms with van der Waals surface area (Å²) in [6.45, 7) is -0.243. The average Bonchev–Trinajstić information content (AvgIpc) is 3.31. The van der Waals surface area contributed by atoms with Crippen molar-refractivity contribution in [3.05, 3.63) is 95.8 Å². The molecule has 0 unspecified atom stereocenters. The van der Waals surface area contributed by atoms with Crippen LogP contribution in [0.2, 0.25) is 0 Å². The second kappa shape index (κ2) is 9.49. The van der Waals surface area contributed by atoms with Gasteiger partial charge in [-0.25, -0.2) is 8.78 Å². The molecule has 4 rings (SSSR count). The third kappa shape index (κ3) is 4.70. The number of benzene rings is 2. The monoisotopic (exact) mass is 434 g/mol. The molecule has 3 N–H and O–H groups in total. The predicted molar refractivity (Wildman–Crippen MR) is 116 cm³/mol. The van der Waals surface area contributed by atoms with Crippen molar-refractivity contribution in [3.63, 3.8) is 0 Å². The lowest BCUT2D eigenvalue weighted by molar-refractivity contribution is 0.0917. The number of hydrogen-bond acceptors (Lipinski definition) is 4. The van der Waals surface area contributed by atoms with Crippen LogP contribution in [0, 0.1) is 11.6 Å². The second-order valence-corrected chi connectivity index (χ2v) is 7.22. The highest BCUT2D eigenvalue weighted by Crippen LogP contribution is 2.27. The van der Waals surface area contributed by atoms with E-state index in [1.54, 1.807) is 42.6 Å². The van der Waals surface area contributed by atoms with Gasteiger partial charge in [-0.3, -0.25) is 14.9 Å². The van der Waals surface area contributed by atoms with Gasteiger partial charge < -0.3 is 10.4 Å². The van der Waals surface area contributed by atoms with Crippen molar-refractivity contribution >= 4 is 5.91 Å². The third-order valence-electron chi connectivity index (χ3n) is 4.99. The lowest BCUT2D eigenvalue weighted by atomic mass is 10.0. The summed E-state index contributed by atoms with van der Waals surface area (Å²) < 4.78 is 26.8. The van der Waals surface area contributed by atoms with Crippen LogP contribution in [0.1, 0.15) is 16.1 Å². The Kier molecular flexibility index (Phi) is 6.32. The molecular weight excluding hydrogens is 414 g/mol. The number of pyridine rings is 1. The molecule has 2 aromatic heterocycles. The molecule has 1 amide bonds. The van der Waals surface area contributed by atoms with E-state index < -0.39 is 17.7 Å². The number of aromatic amines is 1. The standard InChI is InChI=1S/C24H20F2N4O2/c25-20-9-8-15(11-21(20)26)22-13-23(30-29-22)18-6-1-2-7-19(18)24(32)28-17(14-31)12-16-5-3-4-10-27-16/h1-11,13,17,31H,12,14H2,(H,28,32)(H,29,30)/t17-/m1/s1. The van der Waals surface area contributed by atoms with Gasteiger partial charge in [0.25, 0.3) is 5.91 Å². The molecule has 0 aliphatic rings. The summed E-state index contributed by atoms with van der Waals surface area (Å²) in [6.07, 6.45) is 2.04. The van der Waals surface area contributed by atoms with E-state index in [1.807, 2.05) is 12.1 Å². The molecule has 0 radical (unpaired) electrons. The number of H-pyrrole nitrogens is 1. The Morgan fingerprint density at radius 3 is 2.59 bits per heavy atom. The molecule has 2 heterocycles. The molecule has 0 spiro atoms. The zero-order valence-electron chi connectivity index (χ0n) is 16.9. The number of amides is 1. The topological polar surface area (TPSA) is 90.9 Å². The minimum atomic E-state index is -0.957. The van der Waals surface area contributed by atoms with Crippen LogP contribution in [0.4, 0.5) is 8.78 Å². The van der Waals surface area contributed by atoms with Crippen LogP contribution in [0.25, 0.3) is 22.5 Å². The quantitative estimate of drug-likeness (QED) is 0.413. The number of carbonyl (C=O) groups is 1. The molecule has 0 aliphatic heterocycles. The molecule has 0 fully saturated rings. The molecule has 2 aromatic carbocycles. The number of aromatic nitrogens is 3. The summed E-state index contributed by atoms with van der Waals surface area (Å²) in [6, 6.07) is 17.1. The maximum Gasteiger partial charge on any atom is 0.252 e. The molecule has 0 bridgehead atoms. The van der Waals surface area contributed by atoms with Crippen LogP contribution in [0.15, 0.2) is 72.9 Å². The molecular formula is C24H20F2N4O2. The van der Waals surface area contributed by atoms with Gasteiger partial charge in [0.15, 0.2) is 11.6 Å². The predicted octanol–water partition coefficient (Wildman–Crippen LogP) is 3.75. The Bertz CT molecular complexity index is 1230.